The van der Waals surface area contributed by atoms with Crippen molar-refractivity contribution in [1.82, 2.24) is 0 Å². The standard InChI is InChI=1S/C19H16FNO5S2/c1-21(27(22,23)19-10-6-5-9-18(19)20)15-11-13-16(14-12-15)26-28(24,25)17-7-3-2-4-8-17/h2-14H,1H3. The fourth-order valence-corrected chi connectivity index (χ4v) is 4.62. The Hall–Kier alpha value is -2.91. The first-order chi connectivity index (χ1) is 13.2. The summed E-state index contributed by atoms with van der Waals surface area (Å²) in [6, 6.07) is 18.1. The Morgan fingerprint density at radius 1 is 0.786 bits per heavy atom. The van der Waals surface area contributed by atoms with E-state index < -0.39 is 30.9 Å². The van der Waals surface area contributed by atoms with Crippen LogP contribution < -0.4 is 8.49 Å². The Balaban J connectivity index is 1.84. The van der Waals surface area contributed by atoms with E-state index in [1.54, 1.807) is 18.2 Å². The van der Waals surface area contributed by atoms with Gasteiger partial charge in [0.05, 0.1) is 5.69 Å². The van der Waals surface area contributed by atoms with Crippen LogP contribution in [0.5, 0.6) is 5.75 Å². The van der Waals surface area contributed by atoms with Crippen molar-refractivity contribution in [1.29, 1.82) is 0 Å². The lowest BCUT2D eigenvalue weighted by Gasteiger charge is -2.20. The number of nitrogens with zero attached hydrogens (tertiary/aromatic N) is 1. The van der Waals surface area contributed by atoms with Crippen molar-refractivity contribution in [3.05, 3.63) is 84.7 Å². The van der Waals surface area contributed by atoms with Crippen LogP contribution in [0.15, 0.2) is 88.7 Å². The molecule has 0 radical (unpaired) electrons. The minimum atomic E-state index is -4.11. The van der Waals surface area contributed by atoms with Crippen molar-refractivity contribution in [3.63, 3.8) is 0 Å². The third kappa shape index (κ3) is 4.00. The molecule has 0 amide bonds. The Morgan fingerprint density at radius 3 is 1.96 bits per heavy atom. The number of anilines is 1. The van der Waals surface area contributed by atoms with Gasteiger partial charge in [0.15, 0.2) is 0 Å². The average molecular weight is 421 g/mol. The van der Waals surface area contributed by atoms with Crippen molar-refractivity contribution < 1.29 is 25.4 Å². The molecule has 0 aliphatic rings. The third-order valence-electron chi connectivity index (χ3n) is 3.91. The second-order valence-corrected chi connectivity index (χ2v) is 9.23. The molecule has 9 heteroatoms. The van der Waals surface area contributed by atoms with Gasteiger partial charge in [0.1, 0.15) is 21.4 Å². The van der Waals surface area contributed by atoms with Crippen LogP contribution >= 0.6 is 0 Å². The molecule has 0 saturated heterocycles. The van der Waals surface area contributed by atoms with Gasteiger partial charge in [0, 0.05) is 7.05 Å². The molecule has 6 nitrogen and oxygen atoms in total. The van der Waals surface area contributed by atoms with Crippen molar-refractivity contribution in [2.75, 3.05) is 11.4 Å². The maximum Gasteiger partial charge on any atom is 0.339 e. The summed E-state index contributed by atoms with van der Waals surface area (Å²) in [5, 5.41) is 0. The predicted molar refractivity (Wildman–Crippen MR) is 103 cm³/mol. The molecule has 0 atom stereocenters. The summed E-state index contributed by atoms with van der Waals surface area (Å²) in [4.78, 5) is -0.456. The highest BCUT2D eigenvalue weighted by molar-refractivity contribution is 7.92. The number of halogens is 1. The monoisotopic (exact) mass is 421 g/mol. The van der Waals surface area contributed by atoms with Crippen LogP contribution in [0.1, 0.15) is 0 Å². The maximum atomic E-state index is 13.9. The lowest BCUT2D eigenvalue weighted by Crippen LogP contribution is -2.27. The van der Waals surface area contributed by atoms with E-state index in [2.05, 4.69) is 0 Å². The van der Waals surface area contributed by atoms with E-state index in [0.717, 1.165) is 10.4 Å². The van der Waals surface area contributed by atoms with Gasteiger partial charge in [-0.05, 0) is 48.5 Å². The molecule has 3 aromatic carbocycles. The second-order valence-electron chi connectivity index (χ2n) is 5.75. The maximum absolute atomic E-state index is 13.9. The second kappa shape index (κ2) is 7.61. The van der Waals surface area contributed by atoms with Crippen LogP contribution in [-0.4, -0.2) is 23.9 Å². The number of benzene rings is 3. The zero-order chi connectivity index (χ0) is 20.4. The van der Waals surface area contributed by atoms with E-state index in [-0.39, 0.29) is 16.3 Å². The molecule has 0 unspecified atom stereocenters. The van der Waals surface area contributed by atoms with Gasteiger partial charge in [0.2, 0.25) is 0 Å². The van der Waals surface area contributed by atoms with Crippen molar-refractivity contribution in [2.24, 2.45) is 0 Å². The summed E-state index contributed by atoms with van der Waals surface area (Å²) >= 11 is 0. The lowest BCUT2D eigenvalue weighted by atomic mass is 10.3. The van der Waals surface area contributed by atoms with Gasteiger partial charge in [0.25, 0.3) is 10.0 Å². The molecule has 0 saturated carbocycles. The first kappa shape index (κ1) is 19.8. The van der Waals surface area contributed by atoms with Crippen LogP contribution in [0.3, 0.4) is 0 Å². The van der Waals surface area contributed by atoms with Crippen LogP contribution in [0.4, 0.5) is 10.1 Å². The summed E-state index contributed by atoms with van der Waals surface area (Å²) in [7, 11) is -6.84. The van der Waals surface area contributed by atoms with Gasteiger partial charge >= 0.3 is 10.1 Å². The smallest absolute Gasteiger partial charge is 0.339 e. The Kier molecular flexibility index (Phi) is 5.39. The Morgan fingerprint density at radius 2 is 1.36 bits per heavy atom. The third-order valence-corrected chi connectivity index (χ3v) is 6.99. The first-order valence-electron chi connectivity index (χ1n) is 8.05. The van der Waals surface area contributed by atoms with E-state index >= 15 is 0 Å². The average Bonchev–Trinajstić information content (AvgIpc) is 2.68. The van der Waals surface area contributed by atoms with Gasteiger partial charge in [-0.2, -0.15) is 8.42 Å². The summed E-state index contributed by atoms with van der Waals surface area (Å²) in [5.74, 6) is -0.840. The molecule has 0 aromatic heterocycles. The molecule has 0 bridgehead atoms. The van der Waals surface area contributed by atoms with E-state index in [0.29, 0.717) is 0 Å². The molecule has 3 aromatic rings. The van der Waals surface area contributed by atoms with Crippen LogP contribution in [0.2, 0.25) is 0 Å². The zero-order valence-electron chi connectivity index (χ0n) is 14.7. The topological polar surface area (TPSA) is 80.8 Å². The van der Waals surface area contributed by atoms with Gasteiger partial charge in [-0.1, -0.05) is 30.3 Å². The molecular formula is C19H16FNO5S2. The molecular weight excluding hydrogens is 405 g/mol. The van der Waals surface area contributed by atoms with Crippen molar-refractivity contribution in [3.8, 4) is 5.75 Å². The van der Waals surface area contributed by atoms with Gasteiger partial charge in [-0.3, -0.25) is 4.31 Å². The van der Waals surface area contributed by atoms with Gasteiger partial charge in [-0.25, -0.2) is 12.8 Å². The molecule has 146 valence electrons. The minimum Gasteiger partial charge on any atom is -0.379 e. The summed E-state index contributed by atoms with van der Waals surface area (Å²) in [5.41, 5.74) is 0.215. The van der Waals surface area contributed by atoms with E-state index in [9.17, 15) is 21.2 Å². The lowest BCUT2D eigenvalue weighted by molar-refractivity contribution is 0.486. The van der Waals surface area contributed by atoms with Gasteiger partial charge in [-0.15, -0.1) is 0 Å². The fourth-order valence-electron chi connectivity index (χ4n) is 2.41. The number of sulfonamides is 1. The van der Waals surface area contributed by atoms with Gasteiger partial charge < -0.3 is 4.18 Å². The Labute approximate surface area is 163 Å². The highest BCUT2D eigenvalue weighted by Gasteiger charge is 2.25. The molecule has 0 aliphatic carbocycles. The molecule has 0 aliphatic heterocycles. The molecule has 0 spiro atoms. The highest BCUT2D eigenvalue weighted by atomic mass is 32.2. The van der Waals surface area contributed by atoms with E-state index in [1.807, 2.05) is 0 Å². The SMILES string of the molecule is CN(c1ccc(OS(=O)(=O)c2ccccc2)cc1)S(=O)(=O)c1ccccc1F. The fraction of sp³-hybridized carbons (Fsp3) is 0.0526. The van der Waals surface area contributed by atoms with Crippen molar-refractivity contribution >= 4 is 25.8 Å². The molecule has 0 N–H and O–H groups in total. The quantitative estimate of drug-likeness (QED) is 0.570. The van der Waals surface area contributed by atoms with Crippen LogP contribution in [0.25, 0.3) is 0 Å². The first-order valence-corrected chi connectivity index (χ1v) is 10.9. The number of hydrogen-bond donors (Lipinski definition) is 0. The summed E-state index contributed by atoms with van der Waals surface area (Å²) in [6.45, 7) is 0. The largest absolute Gasteiger partial charge is 0.379 e. The van der Waals surface area contributed by atoms with E-state index in [4.69, 9.17) is 4.18 Å². The molecule has 0 fully saturated rings. The van der Waals surface area contributed by atoms with Crippen LogP contribution in [0, 0.1) is 5.82 Å². The summed E-state index contributed by atoms with van der Waals surface area (Å²) in [6.07, 6.45) is 0. The number of hydrogen-bond acceptors (Lipinski definition) is 5. The zero-order valence-corrected chi connectivity index (χ0v) is 16.3. The molecule has 28 heavy (non-hydrogen) atoms. The normalized spacial score (nSPS) is 11.8. The predicted octanol–water partition coefficient (Wildman–Crippen LogP) is 3.42. The minimum absolute atomic E-state index is 0.00155. The number of rotatable bonds is 6. The van der Waals surface area contributed by atoms with E-state index in [1.165, 1.54) is 61.6 Å². The summed E-state index contributed by atoms with van der Waals surface area (Å²) < 4.78 is 69.5. The molecule has 0 heterocycles. The van der Waals surface area contributed by atoms with Crippen molar-refractivity contribution in [2.45, 2.75) is 9.79 Å². The Bertz CT molecular complexity index is 1180. The van der Waals surface area contributed by atoms with Crippen LogP contribution in [-0.2, 0) is 20.1 Å². The molecule has 3 rings (SSSR count). The highest BCUT2D eigenvalue weighted by Crippen LogP contribution is 2.26.